The van der Waals surface area contributed by atoms with Gasteiger partial charge in [0.25, 0.3) is 0 Å². The van der Waals surface area contributed by atoms with Crippen molar-refractivity contribution in [3.63, 3.8) is 0 Å². The van der Waals surface area contributed by atoms with Crippen LogP contribution in [0.3, 0.4) is 0 Å². The first-order chi connectivity index (χ1) is 8.70. The number of nitrogens with one attached hydrogen (secondary N) is 1. The molecule has 0 heterocycles. The Morgan fingerprint density at radius 1 is 1.33 bits per heavy atom. The fourth-order valence-corrected chi connectivity index (χ4v) is 1.91. The van der Waals surface area contributed by atoms with Crippen LogP contribution in [0.2, 0.25) is 0 Å². The molecule has 0 unspecified atom stereocenters. The average Bonchev–Trinajstić information content (AvgIpc) is 3.21. The summed E-state index contributed by atoms with van der Waals surface area (Å²) in [5.41, 5.74) is 2.10. The molecule has 1 fully saturated rings. The number of carbonyl (C=O) groups excluding carboxylic acids is 1. The van der Waals surface area contributed by atoms with Crippen molar-refractivity contribution in [2.24, 2.45) is 5.92 Å². The van der Waals surface area contributed by atoms with E-state index in [1.807, 2.05) is 12.1 Å². The lowest BCUT2D eigenvalue weighted by molar-refractivity contribution is -0.117. The number of benzene rings is 1. The van der Waals surface area contributed by atoms with E-state index in [2.05, 4.69) is 36.3 Å². The van der Waals surface area contributed by atoms with Crippen LogP contribution in [0.5, 0.6) is 0 Å². The second-order valence-electron chi connectivity index (χ2n) is 5.09. The molecule has 1 aromatic carbocycles. The van der Waals surface area contributed by atoms with Crippen LogP contribution in [-0.2, 0) is 4.79 Å². The van der Waals surface area contributed by atoms with E-state index in [-0.39, 0.29) is 11.8 Å². The van der Waals surface area contributed by atoms with Crippen molar-refractivity contribution >= 4 is 17.3 Å². The number of carbonyl (C=O) groups is 1. The first-order valence-corrected chi connectivity index (χ1v) is 6.82. The Bertz CT molecular complexity index is 395. The van der Waals surface area contributed by atoms with Gasteiger partial charge >= 0.3 is 0 Å². The fraction of sp³-hybridized carbons (Fsp3) is 0.533. The first kappa shape index (κ1) is 12.9. The maximum atomic E-state index is 11.6. The number of hydrogen-bond donors (Lipinski definition) is 1. The predicted octanol–water partition coefficient (Wildman–Crippen LogP) is 3.27. The molecule has 0 aliphatic heterocycles. The van der Waals surface area contributed by atoms with Crippen LogP contribution in [0.1, 0.15) is 32.6 Å². The Morgan fingerprint density at radius 2 is 2.00 bits per heavy atom. The zero-order valence-corrected chi connectivity index (χ0v) is 11.3. The number of hydrogen-bond acceptors (Lipinski definition) is 2. The highest BCUT2D eigenvalue weighted by molar-refractivity contribution is 5.94. The van der Waals surface area contributed by atoms with Gasteiger partial charge in [0.1, 0.15) is 0 Å². The number of amides is 1. The topological polar surface area (TPSA) is 32.3 Å². The van der Waals surface area contributed by atoms with Crippen LogP contribution in [0.15, 0.2) is 24.3 Å². The maximum absolute atomic E-state index is 11.6. The van der Waals surface area contributed by atoms with Gasteiger partial charge in [0.2, 0.25) is 5.91 Å². The van der Waals surface area contributed by atoms with E-state index in [1.165, 1.54) is 18.5 Å². The van der Waals surface area contributed by atoms with Crippen LogP contribution in [0.4, 0.5) is 11.4 Å². The molecule has 0 spiro atoms. The summed E-state index contributed by atoms with van der Waals surface area (Å²) < 4.78 is 0. The Balaban J connectivity index is 1.89. The first-order valence-electron chi connectivity index (χ1n) is 6.82. The highest BCUT2D eigenvalue weighted by Crippen LogP contribution is 2.30. The summed E-state index contributed by atoms with van der Waals surface area (Å²) in [7, 11) is 2.10. The summed E-state index contributed by atoms with van der Waals surface area (Å²) in [6.07, 6.45) is 4.50. The summed E-state index contributed by atoms with van der Waals surface area (Å²) in [6.45, 7) is 3.27. The quantitative estimate of drug-likeness (QED) is 0.835. The largest absolute Gasteiger partial charge is 0.375 e. The zero-order valence-electron chi connectivity index (χ0n) is 11.3. The van der Waals surface area contributed by atoms with Gasteiger partial charge < -0.3 is 10.2 Å². The van der Waals surface area contributed by atoms with Crippen molar-refractivity contribution in [3.05, 3.63) is 24.3 Å². The molecule has 1 aliphatic rings. The van der Waals surface area contributed by atoms with Crippen LogP contribution >= 0.6 is 0 Å². The molecule has 2 rings (SSSR count). The zero-order chi connectivity index (χ0) is 13.0. The Morgan fingerprint density at radius 3 is 2.56 bits per heavy atom. The van der Waals surface area contributed by atoms with Crippen molar-refractivity contribution in [3.8, 4) is 0 Å². The van der Waals surface area contributed by atoms with Gasteiger partial charge in [-0.1, -0.05) is 13.3 Å². The van der Waals surface area contributed by atoms with Crippen LogP contribution in [-0.4, -0.2) is 19.5 Å². The molecule has 98 valence electrons. The molecular formula is C15H22N2O. The summed E-state index contributed by atoms with van der Waals surface area (Å²) in [5.74, 6) is 0.430. The van der Waals surface area contributed by atoms with Gasteiger partial charge in [0.05, 0.1) is 0 Å². The molecule has 3 heteroatoms. The second kappa shape index (κ2) is 5.89. The van der Waals surface area contributed by atoms with E-state index < -0.39 is 0 Å². The van der Waals surface area contributed by atoms with E-state index in [0.29, 0.717) is 0 Å². The smallest absolute Gasteiger partial charge is 0.227 e. The molecule has 0 saturated heterocycles. The third-order valence-electron chi connectivity index (χ3n) is 3.37. The molecule has 0 bridgehead atoms. The van der Waals surface area contributed by atoms with Gasteiger partial charge in [-0.3, -0.25) is 4.79 Å². The number of nitrogens with zero attached hydrogens (tertiary/aromatic N) is 1. The minimum absolute atomic E-state index is 0.169. The molecule has 0 radical (unpaired) electrons. The molecule has 1 amide bonds. The summed E-state index contributed by atoms with van der Waals surface area (Å²) in [5, 5.41) is 2.96. The monoisotopic (exact) mass is 246 g/mol. The average molecular weight is 246 g/mol. The fourth-order valence-electron chi connectivity index (χ4n) is 1.91. The number of anilines is 2. The maximum Gasteiger partial charge on any atom is 0.227 e. The summed E-state index contributed by atoms with van der Waals surface area (Å²) >= 11 is 0. The third kappa shape index (κ3) is 3.49. The summed E-state index contributed by atoms with van der Waals surface area (Å²) in [6, 6.07) is 8.10. The van der Waals surface area contributed by atoms with E-state index in [4.69, 9.17) is 0 Å². The molecule has 1 aromatic rings. The van der Waals surface area contributed by atoms with Crippen molar-refractivity contribution in [2.75, 3.05) is 23.8 Å². The molecule has 1 aliphatic carbocycles. The highest BCUT2D eigenvalue weighted by Gasteiger charge is 2.29. The van der Waals surface area contributed by atoms with Gasteiger partial charge in [-0.15, -0.1) is 0 Å². The molecule has 1 N–H and O–H groups in total. The molecular weight excluding hydrogens is 224 g/mol. The highest BCUT2D eigenvalue weighted by atomic mass is 16.2. The Kier molecular flexibility index (Phi) is 4.24. The van der Waals surface area contributed by atoms with Gasteiger partial charge in [0, 0.05) is 30.9 Å². The van der Waals surface area contributed by atoms with Crippen LogP contribution < -0.4 is 10.2 Å². The van der Waals surface area contributed by atoms with Gasteiger partial charge in [-0.2, -0.15) is 0 Å². The van der Waals surface area contributed by atoms with Gasteiger partial charge in [-0.25, -0.2) is 0 Å². The van der Waals surface area contributed by atoms with Crippen molar-refractivity contribution in [2.45, 2.75) is 32.6 Å². The van der Waals surface area contributed by atoms with Crippen molar-refractivity contribution in [1.82, 2.24) is 0 Å². The minimum atomic E-state index is 0.169. The van der Waals surface area contributed by atoms with Gasteiger partial charge in [0.15, 0.2) is 0 Å². The van der Waals surface area contributed by atoms with Crippen molar-refractivity contribution < 1.29 is 4.79 Å². The number of rotatable bonds is 6. The second-order valence-corrected chi connectivity index (χ2v) is 5.09. The van der Waals surface area contributed by atoms with E-state index in [1.54, 1.807) is 0 Å². The van der Waals surface area contributed by atoms with Gasteiger partial charge in [-0.05, 0) is 43.5 Å². The Labute approximate surface area is 109 Å². The SMILES string of the molecule is CCCCN(C)c1ccc(NC(=O)C2CC2)cc1. The van der Waals surface area contributed by atoms with Crippen LogP contribution in [0, 0.1) is 5.92 Å². The lowest BCUT2D eigenvalue weighted by Crippen LogP contribution is -2.18. The molecule has 0 atom stereocenters. The Hall–Kier alpha value is -1.51. The van der Waals surface area contributed by atoms with Crippen molar-refractivity contribution in [1.29, 1.82) is 0 Å². The third-order valence-corrected chi connectivity index (χ3v) is 3.37. The lowest BCUT2D eigenvalue weighted by atomic mass is 10.2. The standard InChI is InChI=1S/C15H22N2O/c1-3-4-11-17(2)14-9-7-13(8-10-14)16-15(18)12-5-6-12/h7-10,12H,3-6,11H2,1-2H3,(H,16,18). The molecule has 18 heavy (non-hydrogen) atoms. The lowest BCUT2D eigenvalue weighted by Gasteiger charge is -2.19. The molecule has 3 nitrogen and oxygen atoms in total. The minimum Gasteiger partial charge on any atom is -0.375 e. The molecule has 0 aromatic heterocycles. The van der Waals surface area contributed by atoms with E-state index in [9.17, 15) is 4.79 Å². The van der Waals surface area contributed by atoms with E-state index in [0.717, 1.165) is 25.1 Å². The van der Waals surface area contributed by atoms with E-state index >= 15 is 0 Å². The summed E-state index contributed by atoms with van der Waals surface area (Å²) in [4.78, 5) is 13.9. The van der Waals surface area contributed by atoms with Crippen LogP contribution in [0.25, 0.3) is 0 Å². The normalized spacial score (nSPS) is 14.3. The number of unbranched alkanes of at least 4 members (excludes halogenated alkanes) is 1. The predicted molar refractivity (Wildman–Crippen MR) is 76.0 cm³/mol. The molecule has 1 saturated carbocycles.